The fourth-order valence-corrected chi connectivity index (χ4v) is 4.01. The average molecular weight is 425 g/mol. The number of benzene rings is 3. The third-order valence-electron chi connectivity index (χ3n) is 4.39. The van der Waals surface area contributed by atoms with Crippen LogP contribution < -0.4 is 0 Å². The molecule has 0 N–H and O–H groups in total. The Morgan fingerprint density at radius 3 is 2.10 bits per heavy atom. The van der Waals surface area contributed by atoms with Crippen LogP contribution in [0, 0.1) is 11.6 Å². The van der Waals surface area contributed by atoms with E-state index in [1.165, 1.54) is 12.1 Å². The molecule has 0 bridgehead atoms. The number of imide groups is 1. The Kier molecular flexibility index (Phi) is 5.33. The Morgan fingerprint density at radius 2 is 1.47 bits per heavy atom. The van der Waals surface area contributed by atoms with Crippen LogP contribution in [0.15, 0.2) is 77.7 Å². The second kappa shape index (κ2) is 8.08. The molecule has 1 aliphatic heterocycles. The molecule has 1 unspecified atom stereocenters. The van der Waals surface area contributed by atoms with Gasteiger partial charge in [0.2, 0.25) is 0 Å². The molecule has 150 valence electrons. The SMILES string of the molecule is O=C(ON1C(=O)c2ccccc2C1=O)C(Sc1cc(F)ccc1F)c1ccccc1. The van der Waals surface area contributed by atoms with Crippen LogP contribution in [0.5, 0.6) is 0 Å². The predicted molar refractivity (Wildman–Crippen MR) is 104 cm³/mol. The number of hydrogen-bond donors (Lipinski definition) is 0. The molecule has 0 saturated heterocycles. The number of halogens is 2. The van der Waals surface area contributed by atoms with Crippen molar-refractivity contribution in [3.05, 3.63) is 101 Å². The van der Waals surface area contributed by atoms with Crippen molar-refractivity contribution in [3.63, 3.8) is 0 Å². The molecule has 1 heterocycles. The molecule has 1 atom stereocenters. The molecule has 30 heavy (non-hydrogen) atoms. The maximum absolute atomic E-state index is 14.2. The van der Waals surface area contributed by atoms with Gasteiger partial charge in [-0.05, 0) is 35.9 Å². The van der Waals surface area contributed by atoms with Gasteiger partial charge in [0.15, 0.2) is 0 Å². The lowest BCUT2D eigenvalue weighted by atomic mass is 10.1. The van der Waals surface area contributed by atoms with Gasteiger partial charge >= 0.3 is 5.97 Å². The summed E-state index contributed by atoms with van der Waals surface area (Å²) in [6.07, 6.45) is 0. The highest BCUT2D eigenvalue weighted by Gasteiger charge is 2.40. The highest BCUT2D eigenvalue weighted by Crippen LogP contribution is 2.38. The molecule has 8 heteroatoms. The molecule has 0 fully saturated rings. The van der Waals surface area contributed by atoms with Gasteiger partial charge < -0.3 is 4.84 Å². The molecule has 0 aromatic heterocycles. The third kappa shape index (κ3) is 3.69. The first-order chi connectivity index (χ1) is 14.5. The molecule has 3 aromatic rings. The van der Waals surface area contributed by atoms with Gasteiger partial charge in [-0.3, -0.25) is 9.59 Å². The van der Waals surface area contributed by atoms with Gasteiger partial charge in [0.05, 0.1) is 11.1 Å². The van der Waals surface area contributed by atoms with E-state index in [0.717, 1.165) is 30.0 Å². The number of hydroxylamine groups is 2. The monoisotopic (exact) mass is 425 g/mol. The van der Waals surface area contributed by atoms with Crippen molar-refractivity contribution in [2.75, 3.05) is 0 Å². The summed E-state index contributed by atoms with van der Waals surface area (Å²) in [7, 11) is 0. The van der Waals surface area contributed by atoms with E-state index in [0.29, 0.717) is 10.6 Å². The zero-order valence-corrected chi connectivity index (χ0v) is 16.1. The van der Waals surface area contributed by atoms with Crippen molar-refractivity contribution >= 4 is 29.5 Å². The summed E-state index contributed by atoms with van der Waals surface area (Å²) in [4.78, 5) is 42.9. The second-order valence-electron chi connectivity index (χ2n) is 6.34. The van der Waals surface area contributed by atoms with Gasteiger partial charge in [0, 0.05) is 4.90 Å². The zero-order valence-electron chi connectivity index (χ0n) is 15.2. The van der Waals surface area contributed by atoms with E-state index in [1.807, 2.05) is 0 Å². The summed E-state index contributed by atoms with van der Waals surface area (Å²) in [5, 5.41) is -0.752. The highest BCUT2D eigenvalue weighted by molar-refractivity contribution is 8.00. The minimum atomic E-state index is -1.15. The van der Waals surface area contributed by atoms with Crippen molar-refractivity contribution in [3.8, 4) is 0 Å². The summed E-state index contributed by atoms with van der Waals surface area (Å²) in [5.41, 5.74) is 0.679. The standard InChI is InChI=1S/C22H13F2NO4S/c23-14-10-11-17(24)18(12-14)30-19(13-6-2-1-3-7-13)22(28)29-25-20(26)15-8-4-5-9-16(15)21(25)27/h1-12,19H. The van der Waals surface area contributed by atoms with Crippen molar-refractivity contribution in [1.82, 2.24) is 5.06 Å². The normalized spacial score (nSPS) is 13.9. The summed E-state index contributed by atoms with van der Waals surface area (Å²) >= 11 is 0.722. The molecule has 0 saturated carbocycles. The number of hydrogen-bond acceptors (Lipinski definition) is 5. The van der Waals surface area contributed by atoms with Crippen LogP contribution in [0.4, 0.5) is 8.78 Å². The summed E-state index contributed by atoms with van der Waals surface area (Å²) in [5.74, 6) is -3.88. The smallest absolute Gasteiger partial charge is 0.328 e. The molecule has 2 amide bonds. The number of thioether (sulfide) groups is 1. The summed E-state index contributed by atoms with van der Waals surface area (Å²) in [6.45, 7) is 0. The first-order valence-corrected chi connectivity index (χ1v) is 9.70. The van der Waals surface area contributed by atoms with Crippen LogP contribution in [-0.4, -0.2) is 22.8 Å². The van der Waals surface area contributed by atoms with Crippen LogP contribution in [0.1, 0.15) is 31.5 Å². The highest BCUT2D eigenvalue weighted by atomic mass is 32.2. The lowest BCUT2D eigenvalue weighted by Gasteiger charge is -2.19. The number of fused-ring (bicyclic) bond motifs is 1. The maximum Gasteiger partial charge on any atom is 0.350 e. The lowest BCUT2D eigenvalue weighted by molar-refractivity contribution is -0.167. The Hall–Kier alpha value is -3.52. The van der Waals surface area contributed by atoms with Crippen molar-refractivity contribution in [1.29, 1.82) is 0 Å². The van der Waals surface area contributed by atoms with Gasteiger partial charge in [-0.25, -0.2) is 13.6 Å². The van der Waals surface area contributed by atoms with Gasteiger partial charge in [0.25, 0.3) is 11.8 Å². The molecular formula is C22H13F2NO4S. The summed E-state index contributed by atoms with van der Waals surface area (Å²) < 4.78 is 27.7. The van der Waals surface area contributed by atoms with Crippen molar-refractivity contribution in [2.45, 2.75) is 10.1 Å². The number of rotatable bonds is 5. The molecule has 3 aromatic carbocycles. The van der Waals surface area contributed by atoms with E-state index in [4.69, 9.17) is 4.84 Å². The Balaban J connectivity index is 1.63. The van der Waals surface area contributed by atoms with E-state index in [-0.39, 0.29) is 16.0 Å². The van der Waals surface area contributed by atoms with Crippen LogP contribution in [0.2, 0.25) is 0 Å². The molecule has 0 radical (unpaired) electrons. The molecule has 1 aliphatic rings. The van der Waals surface area contributed by atoms with E-state index in [2.05, 4.69) is 0 Å². The van der Waals surface area contributed by atoms with Gasteiger partial charge in [-0.15, -0.1) is 11.8 Å². The maximum atomic E-state index is 14.2. The fraction of sp³-hybridized carbons (Fsp3) is 0.0455. The van der Waals surface area contributed by atoms with Crippen LogP contribution >= 0.6 is 11.8 Å². The van der Waals surface area contributed by atoms with Crippen LogP contribution in [0.3, 0.4) is 0 Å². The number of nitrogens with zero attached hydrogens (tertiary/aromatic N) is 1. The Bertz CT molecular complexity index is 1120. The fourth-order valence-electron chi connectivity index (χ4n) is 2.96. The number of amides is 2. The Labute approximate surface area is 174 Å². The molecule has 4 rings (SSSR count). The lowest BCUT2D eigenvalue weighted by Crippen LogP contribution is -2.34. The van der Waals surface area contributed by atoms with Crippen LogP contribution in [0.25, 0.3) is 0 Å². The predicted octanol–water partition coefficient (Wildman–Crippen LogP) is 4.55. The summed E-state index contributed by atoms with van der Waals surface area (Å²) in [6, 6.07) is 17.2. The first kappa shape index (κ1) is 19.8. The van der Waals surface area contributed by atoms with Crippen molar-refractivity contribution < 1.29 is 28.0 Å². The second-order valence-corrected chi connectivity index (χ2v) is 7.49. The minimum Gasteiger partial charge on any atom is -0.328 e. The quantitative estimate of drug-likeness (QED) is 0.443. The Morgan fingerprint density at radius 1 is 0.867 bits per heavy atom. The van der Waals surface area contributed by atoms with E-state index in [1.54, 1.807) is 42.5 Å². The van der Waals surface area contributed by atoms with E-state index >= 15 is 0 Å². The van der Waals surface area contributed by atoms with Gasteiger partial charge in [-0.2, -0.15) is 0 Å². The number of carbonyl (C=O) groups excluding carboxylic acids is 3. The first-order valence-electron chi connectivity index (χ1n) is 8.82. The van der Waals surface area contributed by atoms with Gasteiger partial charge in [-0.1, -0.05) is 47.5 Å². The average Bonchev–Trinajstić information content (AvgIpc) is 3.00. The van der Waals surface area contributed by atoms with Gasteiger partial charge in [0.1, 0.15) is 16.9 Å². The zero-order chi connectivity index (χ0) is 21.3. The third-order valence-corrected chi connectivity index (χ3v) is 5.66. The largest absolute Gasteiger partial charge is 0.350 e. The molecular weight excluding hydrogens is 412 g/mol. The van der Waals surface area contributed by atoms with E-state index in [9.17, 15) is 23.2 Å². The van der Waals surface area contributed by atoms with Crippen molar-refractivity contribution in [2.24, 2.45) is 0 Å². The molecule has 5 nitrogen and oxygen atoms in total. The van der Waals surface area contributed by atoms with E-state index < -0.39 is 34.7 Å². The minimum absolute atomic E-state index is 0.108. The molecule has 0 aliphatic carbocycles. The topological polar surface area (TPSA) is 63.7 Å². The van der Waals surface area contributed by atoms with Crippen LogP contribution in [-0.2, 0) is 9.63 Å². The molecule has 0 spiro atoms. The number of carbonyl (C=O) groups is 3.